The number of rotatable bonds is 6. The van der Waals surface area contributed by atoms with Gasteiger partial charge in [-0.25, -0.2) is 4.98 Å². The van der Waals surface area contributed by atoms with E-state index in [4.69, 9.17) is 10.1 Å². The lowest BCUT2D eigenvalue weighted by Crippen LogP contribution is -2.46. The Kier molecular flexibility index (Phi) is 7.60. The third-order valence-corrected chi connectivity index (χ3v) is 5.68. The van der Waals surface area contributed by atoms with Gasteiger partial charge in [0.15, 0.2) is 0 Å². The fourth-order valence-electron chi connectivity index (χ4n) is 3.91. The molecule has 3 aromatic rings. The maximum Gasteiger partial charge on any atom is 0.251 e. The first-order valence-corrected chi connectivity index (χ1v) is 10.6. The van der Waals surface area contributed by atoms with Crippen LogP contribution < -0.4 is 10.2 Å². The SMILES string of the molecule is C.CCN1CCN(c2nc(-c3ccc(C(=O)NCCO)cc3)cc3ccccc23)CC1. The van der Waals surface area contributed by atoms with Gasteiger partial charge >= 0.3 is 0 Å². The van der Waals surface area contributed by atoms with Crippen LogP contribution in [0.3, 0.4) is 0 Å². The van der Waals surface area contributed by atoms with Gasteiger partial charge in [-0.2, -0.15) is 0 Å². The number of aromatic nitrogens is 1. The van der Waals surface area contributed by atoms with Crippen molar-refractivity contribution in [2.45, 2.75) is 14.4 Å². The number of hydrogen-bond acceptors (Lipinski definition) is 5. The Morgan fingerprint density at radius 3 is 2.45 bits per heavy atom. The van der Waals surface area contributed by atoms with Crippen molar-refractivity contribution in [1.29, 1.82) is 0 Å². The molecule has 1 saturated heterocycles. The second-order valence-corrected chi connectivity index (χ2v) is 7.53. The van der Waals surface area contributed by atoms with E-state index in [2.05, 4.69) is 52.4 Å². The molecule has 2 aromatic carbocycles. The van der Waals surface area contributed by atoms with E-state index in [1.54, 1.807) is 12.1 Å². The quantitative estimate of drug-likeness (QED) is 0.640. The largest absolute Gasteiger partial charge is 0.395 e. The number of carbonyl (C=O) groups is 1. The summed E-state index contributed by atoms with van der Waals surface area (Å²) in [5.41, 5.74) is 2.46. The number of likely N-dealkylation sites (N-methyl/N-ethyl adjacent to an activating group) is 1. The molecule has 31 heavy (non-hydrogen) atoms. The third kappa shape index (κ3) is 5.03. The van der Waals surface area contributed by atoms with Crippen molar-refractivity contribution in [2.75, 3.05) is 50.8 Å². The second-order valence-electron chi connectivity index (χ2n) is 7.53. The summed E-state index contributed by atoms with van der Waals surface area (Å²) in [5.74, 6) is 0.847. The minimum absolute atomic E-state index is 0. The maximum atomic E-state index is 12.1. The van der Waals surface area contributed by atoms with E-state index in [1.807, 2.05) is 12.1 Å². The van der Waals surface area contributed by atoms with E-state index < -0.39 is 0 Å². The predicted octanol–water partition coefficient (Wildman–Crippen LogP) is 3.40. The monoisotopic (exact) mass is 420 g/mol. The molecule has 0 aliphatic carbocycles. The Balaban J connectivity index is 0.00000272. The lowest BCUT2D eigenvalue weighted by Gasteiger charge is -2.35. The minimum atomic E-state index is -0.184. The Morgan fingerprint density at radius 1 is 1.06 bits per heavy atom. The van der Waals surface area contributed by atoms with Crippen molar-refractivity contribution in [3.63, 3.8) is 0 Å². The van der Waals surface area contributed by atoms with Crippen molar-refractivity contribution in [3.05, 3.63) is 60.2 Å². The average Bonchev–Trinajstić information content (AvgIpc) is 2.82. The van der Waals surface area contributed by atoms with Crippen molar-refractivity contribution in [3.8, 4) is 11.3 Å². The molecule has 0 spiro atoms. The number of aliphatic hydroxyl groups excluding tert-OH is 1. The minimum Gasteiger partial charge on any atom is -0.395 e. The first kappa shape index (κ1) is 22.7. The van der Waals surface area contributed by atoms with Gasteiger partial charge in [0.05, 0.1) is 12.3 Å². The standard InChI is InChI=1S/C24H28N4O2.CH4/c1-2-27-12-14-28(15-13-27)23-21-6-4-3-5-20(21)17-22(26-23)18-7-9-19(10-8-18)24(30)25-11-16-29;/h3-10,17,29H,2,11-16H2,1H3,(H,25,30);1H4. The summed E-state index contributed by atoms with van der Waals surface area (Å²) in [6, 6.07) is 18.0. The summed E-state index contributed by atoms with van der Waals surface area (Å²) < 4.78 is 0. The summed E-state index contributed by atoms with van der Waals surface area (Å²) >= 11 is 0. The normalized spacial score (nSPS) is 14.3. The van der Waals surface area contributed by atoms with Crippen molar-refractivity contribution >= 4 is 22.5 Å². The molecule has 4 rings (SSSR count). The highest BCUT2D eigenvalue weighted by Crippen LogP contribution is 2.30. The van der Waals surface area contributed by atoms with Crippen LogP contribution in [0.15, 0.2) is 54.6 Å². The molecule has 2 heterocycles. The van der Waals surface area contributed by atoms with Gasteiger partial charge in [-0.15, -0.1) is 0 Å². The van der Waals surface area contributed by atoms with Gasteiger partial charge in [-0.3, -0.25) is 4.79 Å². The average molecular weight is 421 g/mol. The van der Waals surface area contributed by atoms with Crippen LogP contribution in [-0.4, -0.2) is 66.8 Å². The molecule has 1 aromatic heterocycles. The lowest BCUT2D eigenvalue weighted by molar-refractivity contribution is 0.0945. The first-order valence-electron chi connectivity index (χ1n) is 10.6. The highest BCUT2D eigenvalue weighted by Gasteiger charge is 2.20. The summed E-state index contributed by atoms with van der Waals surface area (Å²) in [6.45, 7) is 7.51. The number of nitrogens with zero attached hydrogens (tertiary/aromatic N) is 3. The van der Waals surface area contributed by atoms with Crippen molar-refractivity contribution < 1.29 is 9.90 Å². The zero-order valence-corrected chi connectivity index (χ0v) is 17.3. The van der Waals surface area contributed by atoms with Crippen molar-refractivity contribution in [2.24, 2.45) is 0 Å². The number of benzene rings is 2. The van der Waals surface area contributed by atoms with E-state index in [0.717, 1.165) is 49.8 Å². The van der Waals surface area contributed by atoms with Gasteiger partial charge in [0, 0.05) is 49.2 Å². The highest BCUT2D eigenvalue weighted by atomic mass is 16.3. The number of anilines is 1. The molecule has 0 unspecified atom stereocenters. The lowest BCUT2D eigenvalue weighted by atomic mass is 10.0. The summed E-state index contributed by atoms with van der Waals surface area (Å²) in [4.78, 5) is 22.0. The van der Waals surface area contributed by atoms with Gasteiger partial charge < -0.3 is 20.2 Å². The van der Waals surface area contributed by atoms with Gasteiger partial charge in [0.1, 0.15) is 5.82 Å². The highest BCUT2D eigenvalue weighted by molar-refractivity contribution is 5.96. The van der Waals surface area contributed by atoms with Gasteiger partial charge in [-0.1, -0.05) is 50.7 Å². The van der Waals surface area contributed by atoms with E-state index in [-0.39, 0.29) is 26.5 Å². The molecule has 0 atom stereocenters. The fraction of sp³-hybridized carbons (Fsp3) is 0.360. The van der Waals surface area contributed by atoms with Crippen LogP contribution in [0.4, 0.5) is 5.82 Å². The molecule has 1 fully saturated rings. The van der Waals surface area contributed by atoms with E-state index in [9.17, 15) is 4.79 Å². The number of piperazine rings is 1. The number of aliphatic hydroxyl groups is 1. The zero-order chi connectivity index (χ0) is 20.9. The van der Waals surface area contributed by atoms with E-state index in [0.29, 0.717) is 5.56 Å². The van der Waals surface area contributed by atoms with Crippen molar-refractivity contribution in [1.82, 2.24) is 15.2 Å². The number of pyridine rings is 1. The Morgan fingerprint density at radius 2 is 1.77 bits per heavy atom. The molecule has 0 saturated carbocycles. The molecule has 2 N–H and O–H groups in total. The number of carbonyl (C=O) groups excluding carboxylic acids is 1. The summed E-state index contributed by atoms with van der Waals surface area (Å²) in [5, 5.41) is 13.9. The molecule has 164 valence electrons. The third-order valence-electron chi connectivity index (χ3n) is 5.68. The van der Waals surface area contributed by atoms with Crippen LogP contribution in [0.25, 0.3) is 22.0 Å². The van der Waals surface area contributed by atoms with E-state index in [1.165, 1.54) is 10.8 Å². The Labute approximate surface area is 184 Å². The molecule has 1 aliphatic heterocycles. The predicted molar refractivity (Wildman–Crippen MR) is 128 cm³/mol. The number of amides is 1. The van der Waals surface area contributed by atoms with Gasteiger partial charge in [-0.05, 0) is 30.1 Å². The molecular formula is C25H32N4O2. The van der Waals surface area contributed by atoms with Gasteiger partial charge in [0.25, 0.3) is 5.91 Å². The van der Waals surface area contributed by atoms with E-state index >= 15 is 0 Å². The van der Waals surface area contributed by atoms with Crippen LogP contribution in [-0.2, 0) is 0 Å². The Hall–Kier alpha value is -2.96. The number of fused-ring (bicyclic) bond motifs is 1. The molecule has 1 amide bonds. The molecule has 0 bridgehead atoms. The molecule has 0 radical (unpaired) electrons. The summed E-state index contributed by atoms with van der Waals surface area (Å²) in [7, 11) is 0. The zero-order valence-electron chi connectivity index (χ0n) is 17.3. The fourth-order valence-corrected chi connectivity index (χ4v) is 3.91. The van der Waals surface area contributed by atoms with Crippen LogP contribution in [0, 0.1) is 0 Å². The van der Waals surface area contributed by atoms with Crippen LogP contribution in [0.5, 0.6) is 0 Å². The van der Waals surface area contributed by atoms with Gasteiger partial charge in [0.2, 0.25) is 0 Å². The summed E-state index contributed by atoms with van der Waals surface area (Å²) in [6.07, 6.45) is 0. The van der Waals surface area contributed by atoms with Crippen LogP contribution >= 0.6 is 0 Å². The Bertz CT molecular complexity index is 1010. The smallest absolute Gasteiger partial charge is 0.251 e. The molecule has 1 aliphatic rings. The maximum absolute atomic E-state index is 12.1. The van der Waals surface area contributed by atoms with Crippen LogP contribution in [0.2, 0.25) is 0 Å². The number of nitrogens with one attached hydrogen (secondary N) is 1. The number of hydrogen-bond donors (Lipinski definition) is 2. The topological polar surface area (TPSA) is 68.7 Å². The first-order chi connectivity index (χ1) is 14.7. The molecule has 6 heteroatoms. The molecule has 6 nitrogen and oxygen atoms in total. The molecular weight excluding hydrogens is 388 g/mol. The second kappa shape index (κ2) is 10.4. The van der Waals surface area contributed by atoms with Crippen LogP contribution in [0.1, 0.15) is 24.7 Å².